The topological polar surface area (TPSA) is 162 Å². The number of rotatable bonds is 11. The van der Waals surface area contributed by atoms with Gasteiger partial charge in [0, 0.05) is 76.9 Å². The van der Waals surface area contributed by atoms with Gasteiger partial charge in [0.05, 0.1) is 17.7 Å². The number of nitrogens with zero attached hydrogens (tertiary/aromatic N) is 3. The highest BCUT2D eigenvalue weighted by atomic mass is 16.5. The van der Waals surface area contributed by atoms with E-state index in [9.17, 15) is 19.2 Å². The number of nitrogens with one attached hydrogen (secondary N) is 2. The Morgan fingerprint density at radius 2 is 1.56 bits per heavy atom. The highest BCUT2D eigenvalue weighted by Crippen LogP contribution is 2.33. The Morgan fingerprint density at radius 1 is 0.754 bits per heavy atom. The number of carbonyl (C=O) groups is 4. The summed E-state index contributed by atoms with van der Waals surface area (Å²) in [6.45, 7) is 0.645. The number of hydrogen-bond donors (Lipinski definition) is 2. The van der Waals surface area contributed by atoms with Crippen molar-refractivity contribution in [1.29, 1.82) is 0 Å². The predicted molar refractivity (Wildman–Crippen MR) is 208 cm³/mol. The molecule has 1 aliphatic carbocycles. The third-order valence-electron chi connectivity index (χ3n) is 10.3. The molecule has 0 bridgehead atoms. The Labute approximate surface area is 326 Å². The summed E-state index contributed by atoms with van der Waals surface area (Å²) in [6.07, 6.45) is 7.31. The van der Waals surface area contributed by atoms with Gasteiger partial charge in [0.1, 0.15) is 43.0 Å². The van der Waals surface area contributed by atoms with E-state index in [1.165, 1.54) is 12.1 Å². The number of carbonyl (C=O) groups excluding carboxylic acids is 4. The smallest absolute Gasteiger partial charge is 0.262 e. The van der Waals surface area contributed by atoms with E-state index in [1.807, 2.05) is 54.9 Å². The first-order chi connectivity index (χ1) is 27.9. The highest BCUT2D eigenvalue weighted by molar-refractivity contribution is 6.23. The Hall–Kier alpha value is -7.04. The molecule has 57 heavy (non-hydrogen) atoms. The van der Waals surface area contributed by atoms with Crippen molar-refractivity contribution in [1.82, 2.24) is 25.2 Å². The van der Waals surface area contributed by atoms with Crippen LogP contribution in [0.25, 0.3) is 32.9 Å². The number of H-pyrrole nitrogens is 1. The van der Waals surface area contributed by atoms with Gasteiger partial charge in [-0.1, -0.05) is 24.0 Å². The molecule has 13 nitrogen and oxygen atoms in total. The van der Waals surface area contributed by atoms with Crippen molar-refractivity contribution >= 4 is 45.4 Å². The van der Waals surface area contributed by atoms with Crippen LogP contribution in [0.2, 0.25) is 0 Å². The van der Waals surface area contributed by atoms with Crippen molar-refractivity contribution in [2.45, 2.75) is 43.9 Å². The van der Waals surface area contributed by atoms with Gasteiger partial charge in [0.2, 0.25) is 17.7 Å². The molecule has 1 saturated heterocycles. The summed E-state index contributed by atoms with van der Waals surface area (Å²) in [6, 6.07) is 23.4. The van der Waals surface area contributed by atoms with Gasteiger partial charge >= 0.3 is 0 Å². The second kappa shape index (κ2) is 15.2. The molecule has 1 unspecified atom stereocenters. The Balaban J connectivity index is 0.679. The zero-order chi connectivity index (χ0) is 38.9. The summed E-state index contributed by atoms with van der Waals surface area (Å²) in [5, 5.41) is 4.44. The number of fused-ring (bicyclic) bond motifs is 4. The molecule has 9 rings (SSSR count). The van der Waals surface area contributed by atoms with Crippen LogP contribution in [0.1, 0.15) is 52.0 Å². The van der Waals surface area contributed by atoms with Crippen molar-refractivity contribution < 1.29 is 38.1 Å². The Bertz CT molecular complexity index is 2600. The lowest BCUT2D eigenvalue weighted by Gasteiger charge is -2.35. The molecule has 4 amide bonds. The Morgan fingerprint density at radius 3 is 2.39 bits per heavy atom. The number of pyridine rings is 2. The monoisotopic (exact) mass is 761 g/mol. The normalized spacial score (nSPS) is 18.8. The number of benzene rings is 3. The van der Waals surface area contributed by atoms with E-state index in [2.05, 4.69) is 50.3 Å². The van der Waals surface area contributed by atoms with Gasteiger partial charge in [-0.2, -0.15) is 0 Å². The van der Waals surface area contributed by atoms with Gasteiger partial charge < -0.3 is 23.9 Å². The largest absolute Gasteiger partial charge is 0.491 e. The minimum Gasteiger partial charge on any atom is -0.491 e. The second-order valence-electron chi connectivity index (χ2n) is 14.0. The fourth-order valence-electron chi connectivity index (χ4n) is 7.26. The van der Waals surface area contributed by atoms with E-state index in [-0.39, 0.29) is 56.0 Å². The average molecular weight is 762 g/mol. The van der Waals surface area contributed by atoms with Crippen LogP contribution in [0.15, 0.2) is 97.5 Å². The maximum atomic E-state index is 13.0. The second-order valence-corrected chi connectivity index (χ2v) is 14.0. The summed E-state index contributed by atoms with van der Waals surface area (Å²) >= 11 is 0. The summed E-state index contributed by atoms with van der Waals surface area (Å²) in [4.78, 5) is 62.8. The van der Waals surface area contributed by atoms with Crippen molar-refractivity contribution in [3.63, 3.8) is 0 Å². The molecule has 2 aliphatic heterocycles. The van der Waals surface area contributed by atoms with Crippen LogP contribution in [-0.2, 0) is 14.3 Å². The minimum atomic E-state index is -1.02. The lowest BCUT2D eigenvalue weighted by Crippen LogP contribution is -2.54. The summed E-state index contributed by atoms with van der Waals surface area (Å²) < 4.78 is 23.5. The van der Waals surface area contributed by atoms with E-state index >= 15 is 0 Å². The SMILES string of the molecule is O=C1CCC(N2C(=O)c3ccc(OCCOCC#Cc4ccc(OC5CC(Oc6ccc(-c7ccc8c(c7)[nH]c7ccncc78)cn6)C5)cc4)cc3C2=O)C(=O)N1. The van der Waals surface area contributed by atoms with Crippen molar-refractivity contribution in [2.75, 3.05) is 19.8 Å². The average Bonchev–Trinajstić information content (AvgIpc) is 3.70. The third kappa shape index (κ3) is 7.38. The maximum absolute atomic E-state index is 13.0. The fourth-order valence-corrected chi connectivity index (χ4v) is 7.26. The van der Waals surface area contributed by atoms with E-state index in [1.54, 1.807) is 12.3 Å². The van der Waals surface area contributed by atoms with Crippen LogP contribution in [0.3, 0.4) is 0 Å². The Kier molecular flexibility index (Phi) is 9.53. The molecule has 13 heteroatoms. The number of imide groups is 2. The van der Waals surface area contributed by atoms with Gasteiger partial charge in [0.25, 0.3) is 11.8 Å². The zero-order valence-electron chi connectivity index (χ0n) is 30.5. The number of amides is 4. The standard InChI is InChI=1S/C44H35N5O8/c50-40-13-12-39(42(51)48-40)49-43(52)34-11-9-30(23-35(34)44(49)53)55-19-18-54-17-1-2-26-3-7-29(8-4-26)56-31-21-32(22-31)57-41-14-6-28(24-46-41)27-5-10-33-36-25-45-16-15-37(36)47-38(33)20-27/h3-11,14-16,20,23-25,31-32,39,47H,12-13,17-19,21-22H2,(H,48,50,51). The number of hydrogen-bond acceptors (Lipinski definition) is 10. The molecule has 0 spiro atoms. The first kappa shape index (κ1) is 35.6. The van der Waals surface area contributed by atoms with Crippen LogP contribution in [0, 0.1) is 11.8 Å². The number of aromatic amines is 1. The van der Waals surface area contributed by atoms with E-state index in [0.717, 1.165) is 62.0 Å². The molecule has 3 aromatic carbocycles. The molecule has 0 radical (unpaired) electrons. The van der Waals surface area contributed by atoms with Gasteiger partial charge in [-0.15, -0.1) is 0 Å². The zero-order valence-corrected chi connectivity index (χ0v) is 30.5. The van der Waals surface area contributed by atoms with Gasteiger partial charge in [-0.3, -0.25) is 34.4 Å². The van der Waals surface area contributed by atoms with Crippen molar-refractivity contribution in [3.8, 4) is 40.3 Å². The molecule has 284 valence electrons. The van der Waals surface area contributed by atoms with Gasteiger partial charge in [-0.25, -0.2) is 4.98 Å². The molecule has 1 atom stereocenters. The summed E-state index contributed by atoms with van der Waals surface area (Å²) in [7, 11) is 0. The molecule has 2 fully saturated rings. The fraction of sp³-hybridized carbons (Fsp3) is 0.227. The number of piperidine rings is 1. The first-order valence-electron chi connectivity index (χ1n) is 18.7. The van der Waals surface area contributed by atoms with Crippen LogP contribution >= 0.6 is 0 Å². The summed E-state index contributed by atoms with van der Waals surface area (Å²) in [5.74, 6) is 5.58. The van der Waals surface area contributed by atoms with E-state index < -0.39 is 29.7 Å². The molecule has 2 N–H and O–H groups in total. The molecule has 5 heterocycles. The molecule has 6 aromatic rings. The van der Waals surface area contributed by atoms with Gasteiger partial charge in [-0.05, 0) is 72.6 Å². The third-order valence-corrected chi connectivity index (χ3v) is 10.3. The summed E-state index contributed by atoms with van der Waals surface area (Å²) in [5.41, 5.74) is 5.38. The van der Waals surface area contributed by atoms with E-state index in [0.29, 0.717) is 11.6 Å². The minimum absolute atomic E-state index is 0.0429. The highest BCUT2D eigenvalue weighted by Gasteiger charge is 2.44. The molecular weight excluding hydrogens is 727 g/mol. The van der Waals surface area contributed by atoms with Crippen molar-refractivity contribution in [2.24, 2.45) is 0 Å². The molecule has 3 aliphatic rings. The predicted octanol–water partition coefficient (Wildman–Crippen LogP) is 5.62. The molecule has 1 saturated carbocycles. The lowest BCUT2D eigenvalue weighted by atomic mass is 9.92. The van der Waals surface area contributed by atoms with Crippen LogP contribution in [0.4, 0.5) is 0 Å². The van der Waals surface area contributed by atoms with Gasteiger partial charge in [0.15, 0.2) is 0 Å². The van der Waals surface area contributed by atoms with Crippen molar-refractivity contribution in [3.05, 3.63) is 114 Å². The number of aromatic nitrogens is 3. The lowest BCUT2D eigenvalue weighted by molar-refractivity contribution is -0.136. The number of ether oxygens (including phenoxy) is 4. The quantitative estimate of drug-likeness (QED) is 0.0964. The molecular formula is C44H35N5O8. The van der Waals surface area contributed by atoms with E-state index in [4.69, 9.17) is 18.9 Å². The maximum Gasteiger partial charge on any atom is 0.262 e. The first-order valence-corrected chi connectivity index (χ1v) is 18.7. The van der Waals surface area contributed by atoms with Crippen LogP contribution in [-0.4, -0.2) is 81.6 Å². The molecule has 3 aromatic heterocycles. The van der Waals surface area contributed by atoms with Crippen LogP contribution in [0.5, 0.6) is 17.4 Å². The van der Waals surface area contributed by atoms with Crippen LogP contribution < -0.4 is 19.5 Å².